The Morgan fingerprint density at radius 1 is 0.946 bits per heavy atom. The van der Waals surface area contributed by atoms with Crippen molar-refractivity contribution in [3.63, 3.8) is 0 Å². The molecule has 0 aliphatic heterocycles. The minimum absolute atomic E-state index is 0.00222. The van der Waals surface area contributed by atoms with Crippen LogP contribution in [0.25, 0.3) is 0 Å². The summed E-state index contributed by atoms with van der Waals surface area (Å²) in [5, 5.41) is 2.92. The zero-order chi connectivity index (χ0) is 26.5. The lowest BCUT2D eigenvalue weighted by Crippen LogP contribution is -2.24. The molecule has 2 aromatic carbocycles. The van der Waals surface area contributed by atoms with Crippen LogP contribution in [0.3, 0.4) is 0 Å². The molecule has 1 amide bonds. The third-order valence-electron chi connectivity index (χ3n) is 6.45. The monoisotopic (exact) mass is 525 g/mol. The fraction of sp³-hybridized carbons (Fsp3) is 0.448. The van der Waals surface area contributed by atoms with Crippen molar-refractivity contribution in [2.75, 3.05) is 20.3 Å². The minimum Gasteiger partial charge on any atom is -0.356 e. The average Bonchev–Trinajstić information content (AvgIpc) is 2.89. The number of carbonyl (C=O) groups excluding carboxylic acids is 2. The summed E-state index contributed by atoms with van der Waals surface area (Å²) in [5.74, 6) is 6.46. The maximum atomic E-state index is 13.3. The minimum atomic E-state index is -3.89. The largest absolute Gasteiger partial charge is 0.471 e. The number of rotatable bonds is 15. The van der Waals surface area contributed by atoms with Gasteiger partial charge in [0.1, 0.15) is 5.78 Å². The van der Waals surface area contributed by atoms with Gasteiger partial charge in [0.25, 0.3) is 0 Å². The molecular formula is C29H36NO6P. The molecule has 0 bridgehead atoms. The van der Waals surface area contributed by atoms with E-state index >= 15 is 0 Å². The van der Waals surface area contributed by atoms with Crippen molar-refractivity contribution in [2.24, 2.45) is 0 Å². The summed E-state index contributed by atoms with van der Waals surface area (Å²) in [6, 6.07) is 15.9. The Morgan fingerprint density at radius 3 is 2.43 bits per heavy atom. The summed E-state index contributed by atoms with van der Waals surface area (Å²) in [4.78, 5) is 34.6. The molecule has 7 nitrogen and oxygen atoms in total. The Morgan fingerprint density at radius 2 is 1.62 bits per heavy atom. The number of ketones is 1. The molecule has 0 spiro atoms. The molecule has 1 aliphatic rings. The van der Waals surface area contributed by atoms with Crippen LogP contribution in [0.5, 0.6) is 0 Å². The van der Waals surface area contributed by atoms with E-state index in [1.807, 2.05) is 48.5 Å². The summed E-state index contributed by atoms with van der Waals surface area (Å²) in [6.07, 6.45) is 6.02. The highest BCUT2D eigenvalue weighted by Crippen LogP contribution is 2.41. The van der Waals surface area contributed by atoms with E-state index in [0.717, 1.165) is 48.6 Å². The molecule has 0 heterocycles. The van der Waals surface area contributed by atoms with Gasteiger partial charge in [-0.3, -0.25) is 18.6 Å². The van der Waals surface area contributed by atoms with Crippen molar-refractivity contribution in [3.05, 3.63) is 70.8 Å². The van der Waals surface area contributed by atoms with Crippen LogP contribution in [0, 0.1) is 11.8 Å². The summed E-state index contributed by atoms with van der Waals surface area (Å²) in [5.41, 5.74) is 3.97. The molecule has 8 heteroatoms. The van der Waals surface area contributed by atoms with Crippen molar-refractivity contribution in [3.8, 4) is 11.8 Å². The SMILES string of the molecule is COP(=O)(O)OCCCCCCNC(=O)CCCCC(=O)C1Cc2ccccc2C#Cc2ccccc21. The maximum Gasteiger partial charge on any atom is 0.471 e. The lowest BCUT2D eigenvalue weighted by molar-refractivity contribution is -0.122. The van der Waals surface area contributed by atoms with Crippen molar-refractivity contribution in [1.82, 2.24) is 5.32 Å². The van der Waals surface area contributed by atoms with Crippen molar-refractivity contribution >= 4 is 19.5 Å². The lowest BCUT2D eigenvalue weighted by Gasteiger charge is -2.20. The van der Waals surface area contributed by atoms with Gasteiger partial charge in [0, 0.05) is 43.5 Å². The highest BCUT2D eigenvalue weighted by Gasteiger charge is 2.24. The second-order valence-corrected chi connectivity index (χ2v) is 10.7. The molecular weight excluding hydrogens is 489 g/mol. The van der Waals surface area contributed by atoms with Crippen molar-refractivity contribution < 1.29 is 28.1 Å². The van der Waals surface area contributed by atoms with Gasteiger partial charge in [-0.2, -0.15) is 0 Å². The quantitative estimate of drug-likeness (QED) is 0.186. The number of phosphoric acid groups is 1. The second-order valence-electron chi connectivity index (χ2n) is 9.17. The fourth-order valence-corrected chi connectivity index (χ4v) is 4.84. The van der Waals surface area contributed by atoms with Crippen LogP contribution >= 0.6 is 7.82 Å². The first-order chi connectivity index (χ1) is 17.9. The number of hydrogen-bond acceptors (Lipinski definition) is 5. The average molecular weight is 526 g/mol. The summed E-state index contributed by atoms with van der Waals surface area (Å²) in [7, 11) is -2.76. The molecule has 0 fully saturated rings. The van der Waals surface area contributed by atoms with E-state index in [0.29, 0.717) is 45.1 Å². The molecule has 198 valence electrons. The van der Waals surface area contributed by atoms with Crippen molar-refractivity contribution in [2.45, 2.75) is 63.7 Å². The summed E-state index contributed by atoms with van der Waals surface area (Å²) >= 11 is 0. The van der Waals surface area contributed by atoms with Crippen LogP contribution in [0.4, 0.5) is 0 Å². The zero-order valence-corrected chi connectivity index (χ0v) is 22.3. The number of hydrogen-bond donors (Lipinski definition) is 2. The van der Waals surface area contributed by atoms with Crippen LogP contribution in [-0.2, 0) is 29.6 Å². The van der Waals surface area contributed by atoms with Crippen LogP contribution in [0.15, 0.2) is 48.5 Å². The van der Waals surface area contributed by atoms with E-state index in [9.17, 15) is 14.2 Å². The van der Waals surface area contributed by atoms with Crippen LogP contribution in [0.1, 0.15) is 79.5 Å². The van der Waals surface area contributed by atoms with E-state index in [-0.39, 0.29) is 24.2 Å². The molecule has 3 rings (SSSR count). The van der Waals surface area contributed by atoms with Gasteiger partial charge in [-0.05, 0) is 55.4 Å². The predicted molar refractivity (Wildman–Crippen MR) is 143 cm³/mol. The molecule has 0 saturated carbocycles. The number of carbonyl (C=O) groups is 2. The van der Waals surface area contributed by atoms with Gasteiger partial charge in [0.05, 0.1) is 6.61 Å². The number of Topliss-reactive ketones (excluding diaryl/α,β-unsaturated/α-hetero) is 1. The maximum absolute atomic E-state index is 13.3. The van der Waals surface area contributed by atoms with Crippen LogP contribution in [0.2, 0.25) is 0 Å². The molecule has 37 heavy (non-hydrogen) atoms. The lowest BCUT2D eigenvalue weighted by atomic mass is 9.82. The number of phosphoric ester groups is 1. The Labute approximate surface area is 219 Å². The fourth-order valence-electron chi connectivity index (χ4n) is 4.38. The highest BCUT2D eigenvalue weighted by molar-refractivity contribution is 7.47. The van der Waals surface area contributed by atoms with E-state index in [4.69, 9.17) is 9.42 Å². The van der Waals surface area contributed by atoms with Gasteiger partial charge in [0.2, 0.25) is 5.91 Å². The topological polar surface area (TPSA) is 102 Å². The number of fused-ring (bicyclic) bond motifs is 2. The number of amides is 1. The molecule has 0 aromatic heterocycles. The molecule has 0 radical (unpaired) electrons. The first-order valence-electron chi connectivity index (χ1n) is 12.9. The first-order valence-corrected chi connectivity index (χ1v) is 14.4. The van der Waals surface area contributed by atoms with Gasteiger partial charge in [-0.15, -0.1) is 0 Å². The third kappa shape index (κ3) is 9.57. The van der Waals surface area contributed by atoms with E-state index in [2.05, 4.69) is 21.7 Å². The van der Waals surface area contributed by atoms with E-state index < -0.39 is 7.82 Å². The van der Waals surface area contributed by atoms with Crippen molar-refractivity contribution in [1.29, 1.82) is 0 Å². The van der Waals surface area contributed by atoms with Crippen LogP contribution in [-0.4, -0.2) is 36.8 Å². The molecule has 1 aliphatic carbocycles. The predicted octanol–water partition coefficient (Wildman–Crippen LogP) is 5.30. The molecule has 2 N–H and O–H groups in total. The second kappa shape index (κ2) is 14.9. The summed E-state index contributed by atoms with van der Waals surface area (Å²) in [6.45, 7) is 0.757. The Balaban J connectivity index is 1.35. The molecule has 2 atom stereocenters. The normalized spacial score (nSPS) is 15.7. The Kier molecular flexibility index (Phi) is 11.6. The van der Waals surface area contributed by atoms with Gasteiger partial charge in [-0.1, -0.05) is 61.1 Å². The molecule has 2 unspecified atom stereocenters. The number of benzene rings is 2. The number of unbranched alkanes of at least 4 members (excludes halogenated alkanes) is 4. The highest BCUT2D eigenvalue weighted by atomic mass is 31.2. The third-order valence-corrected chi connectivity index (χ3v) is 7.42. The van der Waals surface area contributed by atoms with Gasteiger partial charge in [0.15, 0.2) is 0 Å². The Bertz CT molecular complexity index is 1170. The van der Waals surface area contributed by atoms with Gasteiger partial charge in [-0.25, -0.2) is 4.57 Å². The van der Waals surface area contributed by atoms with E-state index in [1.54, 1.807) is 0 Å². The Hall–Kier alpha value is -2.75. The summed E-state index contributed by atoms with van der Waals surface area (Å²) < 4.78 is 20.3. The zero-order valence-electron chi connectivity index (χ0n) is 21.4. The first kappa shape index (κ1) is 28.8. The van der Waals surface area contributed by atoms with Gasteiger partial charge < -0.3 is 10.2 Å². The van der Waals surface area contributed by atoms with Crippen LogP contribution < -0.4 is 5.32 Å². The molecule has 0 saturated heterocycles. The standard InChI is InChI=1S/C29H36NO6P/c1-35-37(33,34)36-21-11-3-2-10-20-30-29(32)17-9-8-16-28(31)27-22-25-14-5-4-12-23(25)18-19-24-13-6-7-15-26(24)27/h4-7,12-15,27H,2-3,8-11,16-17,20-22H2,1H3,(H,30,32)(H,33,34). The molecule has 2 aromatic rings. The van der Waals surface area contributed by atoms with Gasteiger partial charge >= 0.3 is 7.82 Å². The van der Waals surface area contributed by atoms with E-state index in [1.165, 1.54) is 0 Å². The number of nitrogens with one attached hydrogen (secondary N) is 1. The smallest absolute Gasteiger partial charge is 0.356 e.